The molecule has 94 valence electrons. The highest BCUT2D eigenvalue weighted by atomic mass is 16.5. The Balaban J connectivity index is 2.39. The van der Waals surface area contributed by atoms with Gasteiger partial charge in [0.15, 0.2) is 0 Å². The molecule has 1 aromatic carbocycles. The summed E-state index contributed by atoms with van der Waals surface area (Å²) in [6.45, 7) is 2.56. The van der Waals surface area contributed by atoms with Gasteiger partial charge in [0.1, 0.15) is 0 Å². The molecule has 0 aliphatic carbocycles. The number of carbonyl (C=O) groups excluding carboxylic acids is 1. The van der Waals surface area contributed by atoms with E-state index in [4.69, 9.17) is 16.2 Å². The van der Waals surface area contributed by atoms with Crippen LogP contribution >= 0.6 is 0 Å². The number of benzene rings is 1. The third-order valence-corrected chi connectivity index (χ3v) is 2.53. The number of hydrogen-bond donors (Lipinski definition) is 2. The fourth-order valence-corrected chi connectivity index (χ4v) is 1.48. The number of carbonyl (C=O) groups is 1. The lowest BCUT2D eigenvalue weighted by Crippen LogP contribution is -2.08. The minimum atomic E-state index is -0.180. The van der Waals surface area contributed by atoms with Crippen molar-refractivity contribution in [3.63, 3.8) is 0 Å². The van der Waals surface area contributed by atoms with Gasteiger partial charge in [0.05, 0.1) is 6.61 Å². The minimum Gasteiger partial charge on any atom is -0.466 e. The van der Waals surface area contributed by atoms with E-state index in [9.17, 15) is 4.79 Å². The fourth-order valence-electron chi connectivity index (χ4n) is 1.48. The molecule has 0 heterocycles. The number of rotatable bonds is 6. The number of ether oxygens (including phenoxy) is 1. The molecule has 17 heavy (non-hydrogen) atoms. The first-order valence-corrected chi connectivity index (χ1v) is 5.93. The van der Waals surface area contributed by atoms with Gasteiger partial charge in [0, 0.05) is 17.8 Å². The van der Waals surface area contributed by atoms with E-state index < -0.39 is 0 Å². The number of unbranched alkanes of at least 4 members (excludes halogenated alkanes) is 1. The lowest BCUT2D eigenvalue weighted by atomic mass is 10.1. The standard InChI is InChI=1S/C13H20N2O2/c1-2-3-8-17-13(16)7-4-10-9-11(14)5-6-12(10)15/h5-6,9H,2-4,7-8,14-15H2,1H3. The molecule has 0 spiro atoms. The average molecular weight is 236 g/mol. The molecule has 1 aromatic rings. The van der Waals surface area contributed by atoms with Crippen LogP contribution in [0.2, 0.25) is 0 Å². The van der Waals surface area contributed by atoms with Crippen molar-refractivity contribution in [1.82, 2.24) is 0 Å². The largest absolute Gasteiger partial charge is 0.466 e. The molecule has 1 rings (SSSR count). The third kappa shape index (κ3) is 4.76. The molecule has 4 heteroatoms. The Morgan fingerprint density at radius 2 is 2.12 bits per heavy atom. The Morgan fingerprint density at radius 3 is 2.82 bits per heavy atom. The second-order valence-electron chi connectivity index (χ2n) is 4.03. The SMILES string of the molecule is CCCCOC(=O)CCc1cc(N)ccc1N. The van der Waals surface area contributed by atoms with Crippen LogP contribution in [-0.2, 0) is 16.0 Å². The van der Waals surface area contributed by atoms with Crippen LogP contribution in [0.1, 0.15) is 31.7 Å². The molecule has 0 atom stereocenters. The van der Waals surface area contributed by atoms with Gasteiger partial charge in [-0.2, -0.15) is 0 Å². The number of hydrogen-bond acceptors (Lipinski definition) is 4. The number of anilines is 2. The zero-order chi connectivity index (χ0) is 12.7. The number of nitrogens with two attached hydrogens (primary N) is 2. The molecule has 0 saturated heterocycles. The minimum absolute atomic E-state index is 0.180. The number of aryl methyl sites for hydroxylation is 1. The zero-order valence-corrected chi connectivity index (χ0v) is 10.2. The van der Waals surface area contributed by atoms with Gasteiger partial charge in [-0.25, -0.2) is 0 Å². The zero-order valence-electron chi connectivity index (χ0n) is 10.2. The van der Waals surface area contributed by atoms with Crippen LogP contribution < -0.4 is 11.5 Å². The van der Waals surface area contributed by atoms with Crippen LogP contribution in [0.25, 0.3) is 0 Å². The lowest BCUT2D eigenvalue weighted by molar-refractivity contribution is -0.143. The summed E-state index contributed by atoms with van der Waals surface area (Å²) < 4.78 is 5.06. The van der Waals surface area contributed by atoms with Gasteiger partial charge in [-0.1, -0.05) is 13.3 Å². The van der Waals surface area contributed by atoms with Gasteiger partial charge >= 0.3 is 5.97 Å². The highest BCUT2D eigenvalue weighted by Gasteiger charge is 2.06. The van der Waals surface area contributed by atoms with Crippen LogP contribution in [0.15, 0.2) is 18.2 Å². The molecular formula is C13H20N2O2. The second kappa shape index (κ2) is 6.78. The summed E-state index contributed by atoms with van der Waals surface area (Å²) in [6, 6.07) is 5.31. The average Bonchev–Trinajstić information content (AvgIpc) is 2.31. The molecule has 4 nitrogen and oxygen atoms in total. The third-order valence-electron chi connectivity index (χ3n) is 2.53. The molecular weight excluding hydrogens is 216 g/mol. The lowest BCUT2D eigenvalue weighted by Gasteiger charge is -2.07. The summed E-state index contributed by atoms with van der Waals surface area (Å²) in [4.78, 5) is 11.4. The van der Waals surface area contributed by atoms with Crippen molar-refractivity contribution >= 4 is 17.3 Å². The number of esters is 1. The van der Waals surface area contributed by atoms with E-state index >= 15 is 0 Å². The van der Waals surface area contributed by atoms with Crippen molar-refractivity contribution in [1.29, 1.82) is 0 Å². The van der Waals surface area contributed by atoms with E-state index in [-0.39, 0.29) is 5.97 Å². The van der Waals surface area contributed by atoms with E-state index in [0.29, 0.717) is 30.8 Å². The van der Waals surface area contributed by atoms with Gasteiger partial charge in [-0.15, -0.1) is 0 Å². The van der Waals surface area contributed by atoms with Crippen molar-refractivity contribution in [2.45, 2.75) is 32.6 Å². The summed E-state index contributed by atoms with van der Waals surface area (Å²) in [5.74, 6) is -0.180. The molecule has 0 radical (unpaired) electrons. The molecule has 0 aromatic heterocycles. The Bertz CT molecular complexity index is 378. The predicted molar refractivity (Wildman–Crippen MR) is 69.5 cm³/mol. The van der Waals surface area contributed by atoms with E-state index in [2.05, 4.69) is 6.92 Å². The Morgan fingerprint density at radius 1 is 1.35 bits per heavy atom. The van der Waals surface area contributed by atoms with Crippen molar-refractivity contribution in [2.75, 3.05) is 18.1 Å². The monoisotopic (exact) mass is 236 g/mol. The maximum absolute atomic E-state index is 11.4. The molecule has 0 amide bonds. The van der Waals surface area contributed by atoms with E-state index in [1.807, 2.05) is 0 Å². The molecule has 0 saturated carbocycles. The molecule has 0 bridgehead atoms. The number of nitrogen functional groups attached to an aromatic ring is 2. The summed E-state index contributed by atoms with van der Waals surface area (Å²) in [5.41, 5.74) is 13.7. The molecule has 0 unspecified atom stereocenters. The van der Waals surface area contributed by atoms with Crippen LogP contribution in [0.5, 0.6) is 0 Å². The summed E-state index contributed by atoms with van der Waals surface area (Å²) in [7, 11) is 0. The first-order chi connectivity index (χ1) is 8.13. The Kier molecular flexibility index (Phi) is 5.33. The van der Waals surface area contributed by atoms with Crippen LogP contribution in [-0.4, -0.2) is 12.6 Å². The van der Waals surface area contributed by atoms with E-state index in [0.717, 1.165) is 18.4 Å². The van der Waals surface area contributed by atoms with Gasteiger partial charge in [0.2, 0.25) is 0 Å². The first-order valence-electron chi connectivity index (χ1n) is 5.93. The summed E-state index contributed by atoms with van der Waals surface area (Å²) >= 11 is 0. The first kappa shape index (κ1) is 13.4. The molecule has 4 N–H and O–H groups in total. The van der Waals surface area contributed by atoms with Gasteiger partial charge in [0.25, 0.3) is 0 Å². The summed E-state index contributed by atoms with van der Waals surface area (Å²) in [6.07, 6.45) is 2.85. The quantitative estimate of drug-likeness (QED) is 0.450. The highest BCUT2D eigenvalue weighted by Crippen LogP contribution is 2.17. The second-order valence-corrected chi connectivity index (χ2v) is 4.03. The maximum atomic E-state index is 11.4. The summed E-state index contributed by atoms with van der Waals surface area (Å²) in [5, 5.41) is 0. The van der Waals surface area contributed by atoms with Crippen molar-refractivity contribution in [2.24, 2.45) is 0 Å². The van der Waals surface area contributed by atoms with Crippen molar-refractivity contribution < 1.29 is 9.53 Å². The Labute approximate surface area is 102 Å². The smallest absolute Gasteiger partial charge is 0.306 e. The van der Waals surface area contributed by atoms with Crippen LogP contribution in [0.3, 0.4) is 0 Å². The van der Waals surface area contributed by atoms with Gasteiger partial charge < -0.3 is 16.2 Å². The van der Waals surface area contributed by atoms with Crippen molar-refractivity contribution in [3.8, 4) is 0 Å². The highest BCUT2D eigenvalue weighted by molar-refractivity contribution is 5.70. The molecule has 0 aliphatic heterocycles. The fraction of sp³-hybridized carbons (Fsp3) is 0.462. The normalized spacial score (nSPS) is 10.2. The van der Waals surface area contributed by atoms with Crippen LogP contribution in [0.4, 0.5) is 11.4 Å². The van der Waals surface area contributed by atoms with Gasteiger partial charge in [-0.3, -0.25) is 4.79 Å². The molecule has 0 aliphatic rings. The van der Waals surface area contributed by atoms with Gasteiger partial charge in [-0.05, 0) is 36.6 Å². The van der Waals surface area contributed by atoms with Crippen LogP contribution in [0, 0.1) is 0 Å². The van der Waals surface area contributed by atoms with E-state index in [1.54, 1.807) is 18.2 Å². The Hall–Kier alpha value is -1.71. The van der Waals surface area contributed by atoms with Crippen molar-refractivity contribution in [3.05, 3.63) is 23.8 Å². The molecule has 0 fully saturated rings. The van der Waals surface area contributed by atoms with E-state index in [1.165, 1.54) is 0 Å². The topological polar surface area (TPSA) is 78.3 Å². The predicted octanol–water partition coefficient (Wildman–Crippen LogP) is 2.13. The maximum Gasteiger partial charge on any atom is 0.306 e.